The van der Waals surface area contributed by atoms with Crippen molar-refractivity contribution >= 4 is 6.47 Å². The minimum Gasteiger partial charge on any atom is -0.465 e. The first-order chi connectivity index (χ1) is 6.04. The molecule has 1 rings (SSSR count). The maximum absolute atomic E-state index is 12.1. The summed E-state index contributed by atoms with van der Waals surface area (Å²) in [4.78, 5) is 9.91. The Morgan fingerprint density at radius 1 is 1.15 bits per heavy atom. The molecule has 1 aliphatic carbocycles. The zero-order valence-electron chi connectivity index (χ0n) is 7.01. The maximum Gasteiger partial charge on any atom is 0.391 e. The van der Waals surface area contributed by atoms with Crippen molar-refractivity contribution in [2.45, 2.75) is 38.0 Å². The molecule has 1 aliphatic rings. The molecule has 0 N–H and O–H groups in total. The molecule has 1 fully saturated rings. The molecule has 76 valence electrons. The van der Waals surface area contributed by atoms with Crippen LogP contribution in [0, 0.1) is 5.92 Å². The Labute approximate surface area is 74.1 Å². The van der Waals surface area contributed by atoms with Gasteiger partial charge in [-0.3, -0.25) is 4.79 Å². The molecule has 0 bridgehead atoms. The SMILES string of the molecule is O=COC1CCC(C(F)(F)F)CC1. The van der Waals surface area contributed by atoms with Gasteiger partial charge >= 0.3 is 6.18 Å². The van der Waals surface area contributed by atoms with Crippen molar-refractivity contribution < 1.29 is 22.7 Å². The zero-order chi connectivity index (χ0) is 9.90. The Morgan fingerprint density at radius 2 is 1.69 bits per heavy atom. The first kappa shape index (κ1) is 10.3. The number of hydrogen-bond acceptors (Lipinski definition) is 2. The first-order valence-corrected chi connectivity index (χ1v) is 4.20. The fourth-order valence-corrected chi connectivity index (χ4v) is 1.60. The molecule has 5 heteroatoms. The Balaban J connectivity index is 2.34. The topological polar surface area (TPSA) is 26.3 Å². The first-order valence-electron chi connectivity index (χ1n) is 4.20. The Kier molecular flexibility index (Phi) is 3.17. The van der Waals surface area contributed by atoms with E-state index < -0.39 is 12.1 Å². The van der Waals surface area contributed by atoms with Crippen LogP contribution in [0.4, 0.5) is 13.2 Å². The molecule has 0 radical (unpaired) electrons. The lowest BCUT2D eigenvalue weighted by Crippen LogP contribution is -2.30. The summed E-state index contributed by atoms with van der Waals surface area (Å²) in [5.41, 5.74) is 0. The van der Waals surface area contributed by atoms with Crippen LogP contribution in [-0.2, 0) is 9.53 Å². The van der Waals surface area contributed by atoms with Crippen molar-refractivity contribution in [2.75, 3.05) is 0 Å². The van der Waals surface area contributed by atoms with Crippen LogP contribution in [-0.4, -0.2) is 18.8 Å². The third-order valence-corrected chi connectivity index (χ3v) is 2.39. The van der Waals surface area contributed by atoms with Crippen LogP contribution in [0.2, 0.25) is 0 Å². The van der Waals surface area contributed by atoms with Crippen LogP contribution in [0.1, 0.15) is 25.7 Å². The van der Waals surface area contributed by atoms with Crippen molar-refractivity contribution in [3.8, 4) is 0 Å². The van der Waals surface area contributed by atoms with Gasteiger partial charge in [0.05, 0.1) is 5.92 Å². The van der Waals surface area contributed by atoms with E-state index >= 15 is 0 Å². The van der Waals surface area contributed by atoms with E-state index in [2.05, 4.69) is 4.74 Å². The highest BCUT2D eigenvalue weighted by Crippen LogP contribution is 2.37. The van der Waals surface area contributed by atoms with Gasteiger partial charge in [0, 0.05) is 0 Å². The average Bonchev–Trinajstić information content (AvgIpc) is 2.04. The van der Waals surface area contributed by atoms with E-state index in [0.717, 1.165) is 0 Å². The maximum atomic E-state index is 12.1. The Hall–Kier alpha value is -0.740. The number of alkyl halides is 3. The van der Waals surface area contributed by atoms with Gasteiger partial charge < -0.3 is 4.74 Å². The van der Waals surface area contributed by atoms with E-state index in [4.69, 9.17) is 0 Å². The standard InChI is InChI=1S/C8H11F3O2/c9-8(10,11)6-1-3-7(4-2-6)13-5-12/h5-7H,1-4H2. The van der Waals surface area contributed by atoms with Crippen molar-refractivity contribution in [2.24, 2.45) is 5.92 Å². The van der Waals surface area contributed by atoms with Crippen LogP contribution in [0.25, 0.3) is 0 Å². The second-order valence-corrected chi connectivity index (χ2v) is 3.25. The Bertz CT molecular complexity index is 171. The molecule has 0 aromatic heterocycles. The smallest absolute Gasteiger partial charge is 0.391 e. The number of hydrogen-bond donors (Lipinski definition) is 0. The third kappa shape index (κ3) is 2.90. The van der Waals surface area contributed by atoms with Gasteiger partial charge in [-0.05, 0) is 25.7 Å². The summed E-state index contributed by atoms with van der Waals surface area (Å²) < 4.78 is 41.0. The fraction of sp³-hybridized carbons (Fsp3) is 0.875. The highest BCUT2D eigenvalue weighted by Gasteiger charge is 2.41. The molecule has 0 amide bonds. The van der Waals surface area contributed by atoms with E-state index in [1.807, 2.05) is 0 Å². The van der Waals surface area contributed by atoms with E-state index in [-0.39, 0.29) is 18.9 Å². The lowest BCUT2D eigenvalue weighted by molar-refractivity contribution is -0.187. The molecular weight excluding hydrogens is 185 g/mol. The largest absolute Gasteiger partial charge is 0.465 e. The average molecular weight is 196 g/mol. The minimum atomic E-state index is -4.09. The monoisotopic (exact) mass is 196 g/mol. The predicted octanol–water partition coefficient (Wildman–Crippen LogP) is 2.28. The molecule has 0 saturated heterocycles. The van der Waals surface area contributed by atoms with Crippen LogP contribution in [0.3, 0.4) is 0 Å². The number of rotatable bonds is 2. The second-order valence-electron chi connectivity index (χ2n) is 3.25. The summed E-state index contributed by atoms with van der Waals surface area (Å²) in [6, 6.07) is 0. The van der Waals surface area contributed by atoms with E-state index in [9.17, 15) is 18.0 Å². The van der Waals surface area contributed by atoms with E-state index in [0.29, 0.717) is 19.3 Å². The zero-order valence-corrected chi connectivity index (χ0v) is 7.01. The summed E-state index contributed by atoms with van der Waals surface area (Å²) in [5, 5.41) is 0. The predicted molar refractivity (Wildman–Crippen MR) is 39.0 cm³/mol. The van der Waals surface area contributed by atoms with Gasteiger partial charge in [-0.25, -0.2) is 0 Å². The third-order valence-electron chi connectivity index (χ3n) is 2.39. The highest BCUT2D eigenvalue weighted by atomic mass is 19.4. The summed E-state index contributed by atoms with van der Waals surface area (Å²) >= 11 is 0. The molecular formula is C8H11F3O2. The number of ether oxygens (including phenoxy) is 1. The fourth-order valence-electron chi connectivity index (χ4n) is 1.60. The number of carbonyl (C=O) groups is 1. The molecule has 0 spiro atoms. The van der Waals surface area contributed by atoms with Gasteiger partial charge in [-0.15, -0.1) is 0 Å². The summed E-state index contributed by atoms with van der Waals surface area (Å²) in [5.74, 6) is -1.21. The van der Waals surface area contributed by atoms with Crippen molar-refractivity contribution in [3.63, 3.8) is 0 Å². The normalized spacial score (nSPS) is 29.8. The van der Waals surface area contributed by atoms with Gasteiger partial charge in [0.25, 0.3) is 6.47 Å². The summed E-state index contributed by atoms with van der Waals surface area (Å²) in [6.45, 7) is 0.304. The summed E-state index contributed by atoms with van der Waals surface area (Å²) in [6.07, 6.45) is -3.61. The molecule has 0 aliphatic heterocycles. The van der Waals surface area contributed by atoms with Crippen molar-refractivity contribution in [3.05, 3.63) is 0 Å². The number of carbonyl (C=O) groups excluding carboxylic acids is 1. The van der Waals surface area contributed by atoms with Crippen LogP contribution < -0.4 is 0 Å². The van der Waals surface area contributed by atoms with Gasteiger partial charge in [0.2, 0.25) is 0 Å². The van der Waals surface area contributed by atoms with Crippen LogP contribution >= 0.6 is 0 Å². The highest BCUT2D eigenvalue weighted by molar-refractivity contribution is 5.37. The van der Waals surface area contributed by atoms with Gasteiger partial charge in [-0.1, -0.05) is 0 Å². The molecule has 0 atom stereocenters. The van der Waals surface area contributed by atoms with Crippen molar-refractivity contribution in [1.29, 1.82) is 0 Å². The molecule has 1 saturated carbocycles. The van der Waals surface area contributed by atoms with E-state index in [1.165, 1.54) is 0 Å². The van der Waals surface area contributed by atoms with Crippen LogP contribution in [0.5, 0.6) is 0 Å². The van der Waals surface area contributed by atoms with E-state index in [1.54, 1.807) is 0 Å². The van der Waals surface area contributed by atoms with Gasteiger partial charge in [-0.2, -0.15) is 13.2 Å². The summed E-state index contributed by atoms with van der Waals surface area (Å²) in [7, 11) is 0. The molecule has 0 aromatic carbocycles. The Morgan fingerprint density at radius 3 is 2.08 bits per heavy atom. The van der Waals surface area contributed by atoms with Crippen molar-refractivity contribution in [1.82, 2.24) is 0 Å². The molecule has 2 nitrogen and oxygen atoms in total. The second kappa shape index (κ2) is 3.98. The minimum absolute atomic E-state index is 0.0714. The lowest BCUT2D eigenvalue weighted by Gasteiger charge is -2.28. The molecule has 13 heavy (non-hydrogen) atoms. The van der Waals surface area contributed by atoms with Crippen LogP contribution in [0.15, 0.2) is 0 Å². The molecule has 0 heterocycles. The molecule has 0 unspecified atom stereocenters. The van der Waals surface area contributed by atoms with Gasteiger partial charge in [0.1, 0.15) is 6.10 Å². The lowest BCUT2D eigenvalue weighted by atomic mass is 9.87. The van der Waals surface area contributed by atoms with Gasteiger partial charge in [0.15, 0.2) is 0 Å². The molecule has 0 aromatic rings. The quantitative estimate of drug-likeness (QED) is 0.633. The number of halogens is 3.